The highest BCUT2D eigenvalue weighted by atomic mass is 35.5. The summed E-state index contributed by atoms with van der Waals surface area (Å²) in [5, 5.41) is 0.630. The smallest absolute Gasteiger partial charge is 0.0583 e. The number of aryl methyl sites for hydroxylation is 1. The molecule has 47 valence electrons. The van der Waals surface area contributed by atoms with E-state index in [2.05, 4.69) is 0 Å². The lowest BCUT2D eigenvalue weighted by atomic mass is 10.2. The first-order chi connectivity index (χ1) is 4.20. The Morgan fingerprint density at radius 2 is 2.11 bits per heavy atom. The normalized spacial score (nSPS) is 9.56. The molecule has 9 heavy (non-hydrogen) atoms. The molecule has 0 aliphatic carbocycles. The molecule has 0 unspecified atom stereocenters. The number of nitrogens with one attached hydrogen (secondary N) is 1. The lowest BCUT2D eigenvalue weighted by Gasteiger charge is -1.95. The number of halogens is 1. The van der Waals surface area contributed by atoms with E-state index in [-0.39, 0.29) is 0 Å². The van der Waals surface area contributed by atoms with Gasteiger partial charge in [-0.3, -0.25) is 0 Å². The first-order valence-electron chi connectivity index (χ1n) is 2.68. The average Bonchev–Trinajstić information content (AvgIpc) is 1.80. The zero-order valence-electron chi connectivity index (χ0n) is 5.11. The third kappa shape index (κ3) is 1.36. The van der Waals surface area contributed by atoms with Crippen molar-refractivity contribution >= 4 is 17.3 Å². The Kier molecular flexibility index (Phi) is 1.63. The van der Waals surface area contributed by atoms with Gasteiger partial charge in [-0.05, 0) is 24.6 Å². The maximum absolute atomic E-state index is 7.28. The standard InChI is InChI=1S/C7H7ClN/c1-5-2-3-6(8)4-7(5)9/h2-4,9H,1H3. The SMILES string of the molecule is Cc1ccc(Cl)cc1[NH]. The van der Waals surface area contributed by atoms with Crippen molar-refractivity contribution in [3.63, 3.8) is 0 Å². The van der Waals surface area contributed by atoms with Crippen LogP contribution in [0.15, 0.2) is 18.2 Å². The van der Waals surface area contributed by atoms with Crippen molar-refractivity contribution in [2.75, 3.05) is 0 Å². The summed E-state index contributed by atoms with van der Waals surface area (Å²) in [4.78, 5) is 0. The number of benzene rings is 1. The molecular weight excluding hydrogens is 134 g/mol. The molecule has 1 aromatic carbocycles. The third-order valence-corrected chi connectivity index (χ3v) is 1.43. The van der Waals surface area contributed by atoms with E-state index in [1.165, 1.54) is 0 Å². The van der Waals surface area contributed by atoms with E-state index in [1.807, 2.05) is 13.0 Å². The summed E-state index contributed by atoms with van der Waals surface area (Å²) < 4.78 is 0. The Morgan fingerprint density at radius 3 is 2.56 bits per heavy atom. The molecule has 0 atom stereocenters. The average molecular weight is 141 g/mol. The lowest BCUT2D eigenvalue weighted by Crippen LogP contribution is -1.75. The van der Waals surface area contributed by atoms with E-state index in [1.54, 1.807) is 12.1 Å². The molecule has 0 aliphatic rings. The fraction of sp³-hybridized carbons (Fsp3) is 0.143. The van der Waals surface area contributed by atoms with Gasteiger partial charge in [0.15, 0.2) is 0 Å². The molecule has 0 aromatic heterocycles. The Balaban J connectivity index is 3.17. The van der Waals surface area contributed by atoms with Gasteiger partial charge < -0.3 is 5.73 Å². The molecule has 0 spiro atoms. The van der Waals surface area contributed by atoms with E-state index in [0.29, 0.717) is 10.7 Å². The maximum Gasteiger partial charge on any atom is 0.0583 e. The monoisotopic (exact) mass is 140 g/mol. The minimum absolute atomic E-state index is 0.502. The topological polar surface area (TPSA) is 23.8 Å². The molecule has 0 bridgehead atoms. The quantitative estimate of drug-likeness (QED) is 0.529. The molecule has 1 radical (unpaired) electrons. The molecule has 0 fully saturated rings. The summed E-state index contributed by atoms with van der Waals surface area (Å²) in [6.45, 7) is 1.89. The molecular formula is C7H7ClN. The summed E-state index contributed by atoms with van der Waals surface area (Å²) in [5.41, 5.74) is 8.74. The van der Waals surface area contributed by atoms with Gasteiger partial charge in [0.1, 0.15) is 0 Å². The van der Waals surface area contributed by atoms with Gasteiger partial charge in [-0.25, -0.2) is 0 Å². The van der Waals surface area contributed by atoms with Gasteiger partial charge in [0.2, 0.25) is 0 Å². The van der Waals surface area contributed by atoms with Crippen LogP contribution in [0, 0.1) is 6.92 Å². The van der Waals surface area contributed by atoms with Crippen molar-refractivity contribution in [1.29, 1.82) is 0 Å². The fourth-order valence-electron chi connectivity index (χ4n) is 0.594. The zero-order chi connectivity index (χ0) is 6.85. The molecule has 2 heteroatoms. The molecule has 0 saturated carbocycles. The summed E-state index contributed by atoms with van der Waals surface area (Å²) in [6.07, 6.45) is 0. The Morgan fingerprint density at radius 1 is 1.44 bits per heavy atom. The molecule has 1 N–H and O–H groups in total. The van der Waals surface area contributed by atoms with Crippen molar-refractivity contribution in [2.45, 2.75) is 6.92 Å². The van der Waals surface area contributed by atoms with Gasteiger partial charge in [-0.15, -0.1) is 0 Å². The van der Waals surface area contributed by atoms with Gasteiger partial charge >= 0.3 is 0 Å². The second-order valence-electron chi connectivity index (χ2n) is 1.96. The van der Waals surface area contributed by atoms with Gasteiger partial charge in [-0.1, -0.05) is 17.7 Å². The van der Waals surface area contributed by atoms with Crippen LogP contribution in [0.1, 0.15) is 5.56 Å². The van der Waals surface area contributed by atoms with Crippen LogP contribution in [0.2, 0.25) is 5.02 Å². The number of hydrogen-bond donors (Lipinski definition) is 0. The Bertz CT molecular complexity index is 220. The van der Waals surface area contributed by atoms with Crippen LogP contribution >= 0.6 is 11.6 Å². The highest BCUT2D eigenvalue weighted by Gasteiger charge is 1.92. The second-order valence-corrected chi connectivity index (χ2v) is 2.40. The van der Waals surface area contributed by atoms with Crippen LogP contribution in [-0.2, 0) is 0 Å². The molecule has 0 aliphatic heterocycles. The van der Waals surface area contributed by atoms with E-state index in [0.717, 1.165) is 5.56 Å². The van der Waals surface area contributed by atoms with Crippen LogP contribution in [0.4, 0.5) is 5.69 Å². The lowest BCUT2D eigenvalue weighted by molar-refractivity contribution is 1.38. The van der Waals surface area contributed by atoms with Crippen molar-refractivity contribution in [2.24, 2.45) is 0 Å². The minimum atomic E-state index is 0.502. The molecule has 0 heterocycles. The highest BCUT2D eigenvalue weighted by Crippen LogP contribution is 2.17. The van der Waals surface area contributed by atoms with Gasteiger partial charge in [-0.2, -0.15) is 0 Å². The van der Waals surface area contributed by atoms with E-state index >= 15 is 0 Å². The molecule has 1 aromatic rings. The second kappa shape index (κ2) is 2.28. The molecule has 1 rings (SSSR count). The molecule has 0 saturated heterocycles. The molecule has 0 amide bonds. The Hall–Kier alpha value is -0.690. The maximum atomic E-state index is 7.28. The van der Waals surface area contributed by atoms with E-state index in [9.17, 15) is 0 Å². The highest BCUT2D eigenvalue weighted by molar-refractivity contribution is 6.30. The van der Waals surface area contributed by atoms with E-state index in [4.69, 9.17) is 17.3 Å². The number of hydrogen-bond acceptors (Lipinski definition) is 0. The van der Waals surface area contributed by atoms with Gasteiger partial charge in [0.05, 0.1) is 5.69 Å². The fourth-order valence-corrected chi connectivity index (χ4v) is 0.766. The third-order valence-electron chi connectivity index (χ3n) is 1.20. The number of rotatable bonds is 0. The largest absolute Gasteiger partial charge is 0.301 e. The van der Waals surface area contributed by atoms with E-state index < -0.39 is 0 Å². The predicted octanol–water partition coefficient (Wildman–Crippen LogP) is 2.56. The van der Waals surface area contributed by atoms with Gasteiger partial charge in [0.25, 0.3) is 0 Å². The summed E-state index contributed by atoms with van der Waals surface area (Å²) in [7, 11) is 0. The van der Waals surface area contributed by atoms with Crippen molar-refractivity contribution in [3.8, 4) is 0 Å². The summed E-state index contributed by atoms with van der Waals surface area (Å²) in [5.74, 6) is 0. The predicted molar refractivity (Wildman–Crippen MR) is 38.9 cm³/mol. The summed E-state index contributed by atoms with van der Waals surface area (Å²) in [6, 6.07) is 5.26. The van der Waals surface area contributed by atoms with Crippen molar-refractivity contribution < 1.29 is 0 Å². The van der Waals surface area contributed by atoms with Crippen LogP contribution in [0.3, 0.4) is 0 Å². The summed E-state index contributed by atoms with van der Waals surface area (Å²) >= 11 is 5.60. The Labute approximate surface area is 59.4 Å². The molecule has 1 nitrogen and oxygen atoms in total. The van der Waals surface area contributed by atoms with Crippen LogP contribution < -0.4 is 5.73 Å². The van der Waals surface area contributed by atoms with Crippen LogP contribution in [0.5, 0.6) is 0 Å². The van der Waals surface area contributed by atoms with Crippen molar-refractivity contribution in [3.05, 3.63) is 28.8 Å². The zero-order valence-corrected chi connectivity index (χ0v) is 5.87. The minimum Gasteiger partial charge on any atom is -0.301 e. The van der Waals surface area contributed by atoms with Gasteiger partial charge in [0, 0.05) is 5.02 Å². The van der Waals surface area contributed by atoms with Crippen molar-refractivity contribution in [1.82, 2.24) is 5.73 Å². The van der Waals surface area contributed by atoms with Crippen LogP contribution in [-0.4, -0.2) is 0 Å². The first-order valence-corrected chi connectivity index (χ1v) is 3.05. The first kappa shape index (κ1) is 6.43. The van der Waals surface area contributed by atoms with Crippen LogP contribution in [0.25, 0.3) is 0 Å².